The largest absolute Gasteiger partial charge is 0.466 e. The molecule has 0 fully saturated rings. The van der Waals surface area contributed by atoms with Gasteiger partial charge < -0.3 is 9.47 Å². The number of carbonyl (C=O) groups excluding carboxylic acids is 2. The van der Waals surface area contributed by atoms with Gasteiger partial charge in [-0.05, 0) is 18.9 Å². The van der Waals surface area contributed by atoms with E-state index < -0.39 is 0 Å². The van der Waals surface area contributed by atoms with Crippen molar-refractivity contribution < 1.29 is 19.1 Å². The van der Waals surface area contributed by atoms with Gasteiger partial charge in [0.25, 0.3) is 0 Å². The first-order chi connectivity index (χ1) is 12.5. The van der Waals surface area contributed by atoms with Crippen molar-refractivity contribution in [3.8, 4) is 0 Å². The fourth-order valence-corrected chi connectivity index (χ4v) is 2.78. The molecule has 4 nitrogen and oxygen atoms in total. The van der Waals surface area contributed by atoms with Gasteiger partial charge in [0.2, 0.25) is 0 Å². The van der Waals surface area contributed by atoms with Gasteiger partial charge in [-0.1, -0.05) is 74.4 Å². The van der Waals surface area contributed by atoms with Gasteiger partial charge in [-0.15, -0.1) is 0 Å². The second kappa shape index (κ2) is 13.9. The van der Waals surface area contributed by atoms with Crippen LogP contribution in [0.2, 0.25) is 10.0 Å². The third-order valence-corrected chi connectivity index (χ3v) is 4.80. The van der Waals surface area contributed by atoms with Gasteiger partial charge in [0, 0.05) is 18.4 Å². The van der Waals surface area contributed by atoms with Crippen molar-refractivity contribution in [3.63, 3.8) is 0 Å². The first-order valence-electron chi connectivity index (χ1n) is 9.28. The van der Waals surface area contributed by atoms with Gasteiger partial charge >= 0.3 is 11.9 Å². The van der Waals surface area contributed by atoms with E-state index in [-0.39, 0.29) is 31.4 Å². The maximum Gasteiger partial charge on any atom is 0.306 e. The highest BCUT2D eigenvalue weighted by Gasteiger charge is 2.10. The SMILES string of the molecule is CCCCCCCCOC(=O)CCCC(=O)OCc1cccc(Cl)c1Cl. The van der Waals surface area contributed by atoms with Crippen molar-refractivity contribution >= 4 is 35.1 Å². The molecule has 0 saturated carbocycles. The molecule has 0 aliphatic rings. The Morgan fingerprint density at radius 3 is 2.27 bits per heavy atom. The van der Waals surface area contributed by atoms with E-state index in [1.54, 1.807) is 18.2 Å². The molecule has 0 unspecified atom stereocenters. The van der Waals surface area contributed by atoms with Gasteiger partial charge in [-0.2, -0.15) is 0 Å². The maximum absolute atomic E-state index is 11.7. The summed E-state index contributed by atoms with van der Waals surface area (Å²) in [5.74, 6) is -0.631. The Hall–Kier alpha value is -1.26. The summed E-state index contributed by atoms with van der Waals surface area (Å²) >= 11 is 11.9. The molecule has 0 aliphatic carbocycles. The van der Waals surface area contributed by atoms with Crippen molar-refractivity contribution in [2.45, 2.75) is 71.3 Å². The molecule has 0 radical (unpaired) electrons. The fourth-order valence-electron chi connectivity index (χ4n) is 2.41. The first-order valence-corrected chi connectivity index (χ1v) is 10.0. The summed E-state index contributed by atoms with van der Waals surface area (Å²) in [5.41, 5.74) is 0.658. The molecular formula is C20H28Cl2O4. The number of benzene rings is 1. The Kier molecular flexibility index (Phi) is 12.2. The number of ether oxygens (including phenoxy) is 2. The molecule has 0 saturated heterocycles. The summed E-state index contributed by atoms with van der Waals surface area (Å²) in [6.45, 7) is 2.72. The molecule has 0 heterocycles. The lowest BCUT2D eigenvalue weighted by Crippen LogP contribution is -2.09. The third-order valence-electron chi connectivity index (χ3n) is 3.94. The zero-order valence-electron chi connectivity index (χ0n) is 15.4. The topological polar surface area (TPSA) is 52.6 Å². The summed E-state index contributed by atoms with van der Waals surface area (Å²) in [4.78, 5) is 23.3. The van der Waals surface area contributed by atoms with Crippen LogP contribution in [0.5, 0.6) is 0 Å². The lowest BCUT2D eigenvalue weighted by atomic mass is 10.1. The average Bonchev–Trinajstić information content (AvgIpc) is 2.62. The maximum atomic E-state index is 11.7. The summed E-state index contributed by atoms with van der Waals surface area (Å²) in [7, 11) is 0. The molecular weight excluding hydrogens is 375 g/mol. The van der Waals surface area contributed by atoms with Crippen LogP contribution in [0.25, 0.3) is 0 Å². The zero-order chi connectivity index (χ0) is 19.2. The number of carbonyl (C=O) groups is 2. The molecule has 0 aromatic heterocycles. The molecule has 6 heteroatoms. The number of hydrogen-bond donors (Lipinski definition) is 0. The van der Waals surface area contributed by atoms with Crippen molar-refractivity contribution in [2.75, 3.05) is 6.61 Å². The number of unbranched alkanes of at least 4 members (excludes halogenated alkanes) is 5. The second-order valence-electron chi connectivity index (χ2n) is 6.22. The Morgan fingerprint density at radius 2 is 1.54 bits per heavy atom. The van der Waals surface area contributed by atoms with Gasteiger partial charge in [-0.25, -0.2) is 0 Å². The third kappa shape index (κ3) is 10.0. The van der Waals surface area contributed by atoms with Gasteiger partial charge in [0.15, 0.2) is 0 Å². The van der Waals surface area contributed by atoms with Crippen molar-refractivity contribution in [1.82, 2.24) is 0 Å². The number of esters is 2. The van der Waals surface area contributed by atoms with E-state index in [9.17, 15) is 9.59 Å². The molecule has 1 rings (SSSR count). The van der Waals surface area contributed by atoms with Crippen LogP contribution in [-0.2, 0) is 25.7 Å². The van der Waals surface area contributed by atoms with E-state index in [1.807, 2.05) is 0 Å². The van der Waals surface area contributed by atoms with Crippen LogP contribution in [0.3, 0.4) is 0 Å². The molecule has 0 amide bonds. The molecule has 1 aromatic carbocycles. The predicted molar refractivity (Wildman–Crippen MR) is 104 cm³/mol. The summed E-state index contributed by atoms with van der Waals surface area (Å²) in [6, 6.07) is 5.17. The lowest BCUT2D eigenvalue weighted by molar-refractivity contribution is -0.146. The Balaban J connectivity index is 2.06. The molecule has 0 atom stereocenters. The van der Waals surface area contributed by atoms with Gasteiger partial charge in [0.1, 0.15) is 6.61 Å². The highest BCUT2D eigenvalue weighted by molar-refractivity contribution is 6.42. The van der Waals surface area contributed by atoms with Crippen LogP contribution in [0.4, 0.5) is 0 Å². The minimum atomic E-state index is -0.371. The van der Waals surface area contributed by atoms with E-state index >= 15 is 0 Å². The minimum absolute atomic E-state index is 0.0701. The Labute approximate surface area is 166 Å². The summed E-state index contributed by atoms with van der Waals surface area (Å²) in [5, 5.41) is 0.813. The molecule has 1 aromatic rings. The molecule has 0 N–H and O–H groups in total. The van der Waals surface area contributed by atoms with E-state index in [1.165, 1.54) is 25.7 Å². The monoisotopic (exact) mass is 402 g/mol. The summed E-state index contributed by atoms with van der Waals surface area (Å²) in [6.07, 6.45) is 7.72. The quantitative estimate of drug-likeness (QED) is 0.295. The Bertz CT molecular complexity index is 561. The minimum Gasteiger partial charge on any atom is -0.466 e. The number of rotatable bonds is 13. The van der Waals surface area contributed by atoms with E-state index in [0.29, 0.717) is 28.6 Å². The van der Waals surface area contributed by atoms with Crippen molar-refractivity contribution in [1.29, 1.82) is 0 Å². The summed E-state index contributed by atoms with van der Waals surface area (Å²) < 4.78 is 10.3. The zero-order valence-corrected chi connectivity index (χ0v) is 16.9. The fraction of sp³-hybridized carbons (Fsp3) is 0.600. The second-order valence-corrected chi connectivity index (χ2v) is 7.00. The number of hydrogen-bond acceptors (Lipinski definition) is 4. The molecule has 0 aliphatic heterocycles. The van der Waals surface area contributed by atoms with Crippen LogP contribution in [-0.4, -0.2) is 18.5 Å². The Morgan fingerprint density at radius 1 is 0.885 bits per heavy atom. The van der Waals surface area contributed by atoms with E-state index in [0.717, 1.165) is 12.8 Å². The van der Waals surface area contributed by atoms with Gasteiger partial charge in [-0.3, -0.25) is 9.59 Å². The normalized spacial score (nSPS) is 10.6. The van der Waals surface area contributed by atoms with Crippen molar-refractivity contribution in [3.05, 3.63) is 33.8 Å². The van der Waals surface area contributed by atoms with Gasteiger partial charge in [0.05, 0.1) is 16.7 Å². The molecule has 146 valence electrons. The van der Waals surface area contributed by atoms with Crippen LogP contribution in [0.15, 0.2) is 18.2 Å². The standard InChI is InChI=1S/C20H28Cl2O4/c1-2-3-4-5-6-7-14-25-18(23)12-9-13-19(24)26-15-16-10-8-11-17(21)20(16)22/h8,10-11H,2-7,9,12-15H2,1H3. The van der Waals surface area contributed by atoms with Crippen molar-refractivity contribution in [2.24, 2.45) is 0 Å². The smallest absolute Gasteiger partial charge is 0.306 e. The number of halogens is 2. The molecule has 26 heavy (non-hydrogen) atoms. The van der Waals surface area contributed by atoms with Crippen LogP contribution in [0, 0.1) is 0 Å². The highest BCUT2D eigenvalue weighted by atomic mass is 35.5. The lowest BCUT2D eigenvalue weighted by Gasteiger charge is -2.08. The highest BCUT2D eigenvalue weighted by Crippen LogP contribution is 2.26. The van der Waals surface area contributed by atoms with E-state index in [4.69, 9.17) is 32.7 Å². The molecule has 0 bridgehead atoms. The van der Waals surface area contributed by atoms with Crippen LogP contribution < -0.4 is 0 Å². The first kappa shape index (κ1) is 22.8. The molecule has 0 spiro atoms. The predicted octanol–water partition coefficient (Wildman–Crippen LogP) is 6.11. The van der Waals surface area contributed by atoms with Crippen LogP contribution in [0.1, 0.15) is 70.3 Å². The van der Waals surface area contributed by atoms with Crippen LogP contribution >= 0.6 is 23.2 Å². The van der Waals surface area contributed by atoms with E-state index in [2.05, 4.69) is 6.92 Å². The average molecular weight is 403 g/mol.